The Kier molecular flexibility index (Phi) is 6.80. The third-order valence-corrected chi connectivity index (χ3v) is 5.13. The maximum Gasteiger partial charge on any atom is 0.224 e. The van der Waals surface area contributed by atoms with E-state index in [2.05, 4.69) is 27.8 Å². The molecule has 0 radical (unpaired) electrons. The highest BCUT2D eigenvalue weighted by Crippen LogP contribution is 2.27. The molecule has 1 heterocycles. The van der Waals surface area contributed by atoms with E-state index in [0.29, 0.717) is 13.0 Å². The lowest BCUT2D eigenvalue weighted by Gasteiger charge is -2.34. The number of hydrogen-bond donors (Lipinski definition) is 0. The first-order valence-electron chi connectivity index (χ1n) is 8.46. The van der Waals surface area contributed by atoms with Gasteiger partial charge in [0.1, 0.15) is 0 Å². The Morgan fingerprint density at radius 1 is 1.21 bits per heavy atom. The summed E-state index contributed by atoms with van der Waals surface area (Å²) in [5.41, 5.74) is 1.94. The minimum absolute atomic E-state index is 0.0526. The van der Waals surface area contributed by atoms with E-state index in [1.165, 1.54) is 6.92 Å². The molecule has 1 fully saturated rings. The van der Waals surface area contributed by atoms with Crippen LogP contribution in [0, 0.1) is 6.92 Å². The number of halogens is 1. The van der Waals surface area contributed by atoms with Gasteiger partial charge in [-0.25, -0.2) is 0 Å². The second kappa shape index (κ2) is 8.62. The number of aryl methyl sites for hydroxylation is 1. The number of benzene rings is 1. The van der Waals surface area contributed by atoms with Crippen LogP contribution in [-0.2, 0) is 9.59 Å². The second-order valence-electron chi connectivity index (χ2n) is 6.19. The summed E-state index contributed by atoms with van der Waals surface area (Å²) in [4.78, 5) is 30.4. The smallest absolute Gasteiger partial charge is 0.224 e. The van der Waals surface area contributed by atoms with Gasteiger partial charge in [0.25, 0.3) is 0 Å². The van der Waals surface area contributed by atoms with Crippen molar-refractivity contribution in [3.8, 4) is 0 Å². The normalized spacial score (nSPS) is 15.4. The lowest BCUT2D eigenvalue weighted by molar-refractivity contribution is -0.132. The summed E-state index contributed by atoms with van der Waals surface area (Å²) < 4.78 is 0.877. The number of anilines is 1. The van der Waals surface area contributed by atoms with Crippen molar-refractivity contribution in [1.29, 1.82) is 0 Å². The Balaban J connectivity index is 1.97. The van der Waals surface area contributed by atoms with Crippen LogP contribution in [0.3, 0.4) is 0 Å². The Morgan fingerprint density at radius 2 is 1.88 bits per heavy atom. The summed E-state index contributed by atoms with van der Waals surface area (Å²) in [6, 6.07) is 5.88. The minimum Gasteiger partial charge on any atom is -0.340 e. The fourth-order valence-corrected chi connectivity index (χ4v) is 3.66. The van der Waals surface area contributed by atoms with Crippen molar-refractivity contribution in [1.82, 2.24) is 9.80 Å². The van der Waals surface area contributed by atoms with Crippen molar-refractivity contribution in [3.05, 3.63) is 28.2 Å². The average molecular weight is 396 g/mol. The number of carbonyl (C=O) groups is 2. The zero-order valence-corrected chi connectivity index (χ0v) is 16.3. The standard InChI is InChI=1S/C18H26BrN3O2/c1-4-20-9-11-21(12-10-20)18(24)7-8-22(15(3)23)17-6-5-14(2)13-16(17)19/h5-6,13H,4,7-12H2,1-3H3. The molecule has 0 aliphatic carbocycles. The van der Waals surface area contributed by atoms with Crippen LogP contribution in [0.15, 0.2) is 22.7 Å². The van der Waals surface area contributed by atoms with E-state index in [-0.39, 0.29) is 11.8 Å². The first kappa shape index (κ1) is 18.9. The number of likely N-dealkylation sites (N-methyl/N-ethyl adjacent to an activating group) is 1. The van der Waals surface area contributed by atoms with Gasteiger partial charge in [-0.05, 0) is 47.1 Å². The van der Waals surface area contributed by atoms with Crippen LogP contribution in [0.4, 0.5) is 5.69 Å². The lowest BCUT2D eigenvalue weighted by Crippen LogP contribution is -2.49. The van der Waals surface area contributed by atoms with Crippen molar-refractivity contribution in [2.45, 2.75) is 27.2 Å². The van der Waals surface area contributed by atoms with Crippen molar-refractivity contribution >= 4 is 33.4 Å². The molecule has 2 amide bonds. The van der Waals surface area contributed by atoms with Crippen LogP contribution in [0.5, 0.6) is 0 Å². The van der Waals surface area contributed by atoms with E-state index in [9.17, 15) is 9.59 Å². The van der Waals surface area contributed by atoms with Gasteiger partial charge in [0, 0.05) is 50.5 Å². The van der Waals surface area contributed by atoms with Gasteiger partial charge < -0.3 is 14.7 Å². The Hall–Kier alpha value is -1.40. The number of piperazine rings is 1. The molecule has 1 aliphatic heterocycles. The molecule has 5 nitrogen and oxygen atoms in total. The molecule has 0 spiro atoms. The molecule has 1 aromatic rings. The van der Waals surface area contributed by atoms with Crippen LogP contribution in [0.2, 0.25) is 0 Å². The Morgan fingerprint density at radius 3 is 2.42 bits per heavy atom. The van der Waals surface area contributed by atoms with Crippen LogP contribution in [-0.4, -0.2) is 60.9 Å². The van der Waals surface area contributed by atoms with Gasteiger partial charge in [-0.3, -0.25) is 9.59 Å². The minimum atomic E-state index is -0.0526. The molecule has 1 aromatic carbocycles. The molecule has 0 aromatic heterocycles. The van der Waals surface area contributed by atoms with E-state index >= 15 is 0 Å². The quantitative estimate of drug-likeness (QED) is 0.769. The summed E-state index contributed by atoms with van der Waals surface area (Å²) in [7, 11) is 0. The molecule has 132 valence electrons. The molecule has 0 saturated carbocycles. The molecule has 6 heteroatoms. The van der Waals surface area contributed by atoms with Gasteiger partial charge in [0.05, 0.1) is 5.69 Å². The van der Waals surface area contributed by atoms with Gasteiger partial charge in [0.2, 0.25) is 11.8 Å². The number of hydrogen-bond acceptors (Lipinski definition) is 3. The summed E-state index contributed by atoms with van der Waals surface area (Å²) >= 11 is 3.52. The van der Waals surface area contributed by atoms with Crippen LogP contribution in [0.1, 0.15) is 25.8 Å². The lowest BCUT2D eigenvalue weighted by atomic mass is 10.2. The summed E-state index contributed by atoms with van der Waals surface area (Å²) in [5.74, 6) is 0.0726. The number of carbonyl (C=O) groups excluding carboxylic acids is 2. The molecule has 2 rings (SSSR count). The van der Waals surface area contributed by atoms with Crippen LogP contribution >= 0.6 is 15.9 Å². The predicted molar refractivity (Wildman–Crippen MR) is 100 cm³/mol. The zero-order valence-electron chi connectivity index (χ0n) is 14.7. The Labute approximate surface area is 152 Å². The summed E-state index contributed by atoms with van der Waals surface area (Å²) in [6.45, 7) is 10.5. The van der Waals surface area contributed by atoms with Crippen LogP contribution < -0.4 is 4.90 Å². The molecule has 24 heavy (non-hydrogen) atoms. The van der Waals surface area contributed by atoms with Gasteiger partial charge in [-0.2, -0.15) is 0 Å². The number of rotatable bonds is 5. The van der Waals surface area contributed by atoms with Crippen molar-refractivity contribution in [3.63, 3.8) is 0 Å². The van der Waals surface area contributed by atoms with E-state index in [1.807, 2.05) is 30.0 Å². The maximum atomic E-state index is 12.4. The van der Waals surface area contributed by atoms with Crippen molar-refractivity contribution < 1.29 is 9.59 Å². The van der Waals surface area contributed by atoms with E-state index in [0.717, 1.165) is 48.4 Å². The van der Waals surface area contributed by atoms with Gasteiger partial charge in [-0.15, -0.1) is 0 Å². The van der Waals surface area contributed by atoms with Crippen LogP contribution in [0.25, 0.3) is 0 Å². The average Bonchev–Trinajstić information content (AvgIpc) is 2.56. The third-order valence-electron chi connectivity index (χ3n) is 4.50. The van der Waals surface area contributed by atoms with Gasteiger partial charge >= 0.3 is 0 Å². The number of nitrogens with zero attached hydrogens (tertiary/aromatic N) is 3. The summed E-state index contributed by atoms with van der Waals surface area (Å²) in [6.07, 6.45) is 0.353. The second-order valence-corrected chi connectivity index (χ2v) is 7.04. The van der Waals surface area contributed by atoms with E-state index in [1.54, 1.807) is 4.90 Å². The predicted octanol–water partition coefficient (Wildman–Crippen LogP) is 2.66. The monoisotopic (exact) mass is 395 g/mol. The summed E-state index contributed by atoms with van der Waals surface area (Å²) in [5, 5.41) is 0. The fraction of sp³-hybridized carbons (Fsp3) is 0.556. The topological polar surface area (TPSA) is 43.9 Å². The molecule has 1 saturated heterocycles. The molecular weight excluding hydrogens is 370 g/mol. The SMILES string of the molecule is CCN1CCN(C(=O)CCN(C(C)=O)c2ccc(C)cc2Br)CC1. The molecule has 0 bridgehead atoms. The molecule has 0 unspecified atom stereocenters. The highest BCUT2D eigenvalue weighted by atomic mass is 79.9. The van der Waals surface area contributed by atoms with Gasteiger partial charge in [-0.1, -0.05) is 13.0 Å². The molecule has 0 atom stereocenters. The first-order valence-corrected chi connectivity index (χ1v) is 9.26. The zero-order chi connectivity index (χ0) is 17.7. The molecule has 1 aliphatic rings. The number of amides is 2. The first-order chi connectivity index (χ1) is 11.4. The van der Waals surface area contributed by atoms with Crippen molar-refractivity contribution in [2.75, 3.05) is 44.2 Å². The third kappa shape index (κ3) is 4.80. The van der Waals surface area contributed by atoms with E-state index < -0.39 is 0 Å². The highest BCUT2D eigenvalue weighted by Gasteiger charge is 2.22. The molecular formula is C18H26BrN3O2. The molecule has 0 N–H and O–H groups in total. The van der Waals surface area contributed by atoms with Gasteiger partial charge in [0.15, 0.2) is 0 Å². The van der Waals surface area contributed by atoms with Crippen molar-refractivity contribution in [2.24, 2.45) is 0 Å². The highest BCUT2D eigenvalue weighted by molar-refractivity contribution is 9.10. The fourth-order valence-electron chi connectivity index (χ4n) is 2.96. The van der Waals surface area contributed by atoms with E-state index in [4.69, 9.17) is 0 Å². The Bertz CT molecular complexity index is 598. The maximum absolute atomic E-state index is 12.4. The largest absolute Gasteiger partial charge is 0.340 e.